The molecular weight excluding hydrogens is 216 g/mol. The van der Waals surface area contributed by atoms with Crippen molar-refractivity contribution < 1.29 is 13.2 Å². The molecule has 1 unspecified atom stereocenters. The van der Waals surface area contributed by atoms with Crippen LogP contribution in [0.15, 0.2) is 0 Å². The first-order valence-electron chi connectivity index (χ1n) is 5.22. The molecule has 1 aliphatic rings. The fraction of sp³-hybridized carbons (Fsp3) is 1.00. The van der Waals surface area contributed by atoms with E-state index in [0.29, 0.717) is 19.6 Å². The third-order valence-corrected chi connectivity index (χ3v) is 3.61. The van der Waals surface area contributed by atoms with Crippen LogP contribution in [0.25, 0.3) is 0 Å². The Morgan fingerprint density at radius 3 is 2.87 bits per heavy atom. The molecule has 1 saturated heterocycles. The van der Waals surface area contributed by atoms with E-state index in [0.717, 1.165) is 19.7 Å². The van der Waals surface area contributed by atoms with E-state index < -0.39 is 9.84 Å². The van der Waals surface area contributed by atoms with Crippen LogP contribution in [0.5, 0.6) is 0 Å². The average molecular weight is 236 g/mol. The molecule has 0 aromatic heterocycles. The lowest BCUT2D eigenvalue weighted by Crippen LogP contribution is -2.49. The lowest BCUT2D eigenvalue weighted by atomic mass is 10.2. The van der Waals surface area contributed by atoms with Crippen molar-refractivity contribution in [3.05, 3.63) is 0 Å². The summed E-state index contributed by atoms with van der Waals surface area (Å²) in [6.45, 7) is 3.59. The molecule has 1 atom stereocenters. The molecule has 1 fully saturated rings. The number of hydrogen-bond donors (Lipinski definition) is 1. The predicted molar refractivity (Wildman–Crippen MR) is 59.6 cm³/mol. The van der Waals surface area contributed by atoms with Crippen molar-refractivity contribution in [3.8, 4) is 0 Å². The Hall–Kier alpha value is -0.170. The van der Waals surface area contributed by atoms with E-state index >= 15 is 0 Å². The van der Waals surface area contributed by atoms with Gasteiger partial charge in [0.25, 0.3) is 0 Å². The summed E-state index contributed by atoms with van der Waals surface area (Å²) in [5.41, 5.74) is 5.61. The Balaban J connectivity index is 2.29. The summed E-state index contributed by atoms with van der Waals surface area (Å²) in [4.78, 5) is 2.22. The Bertz CT molecular complexity index is 279. The molecule has 1 rings (SSSR count). The van der Waals surface area contributed by atoms with Gasteiger partial charge >= 0.3 is 0 Å². The number of ether oxygens (including phenoxy) is 1. The zero-order valence-electron chi connectivity index (χ0n) is 9.18. The van der Waals surface area contributed by atoms with Gasteiger partial charge in [0.2, 0.25) is 0 Å². The zero-order chi connectivity index (χ0) is 11.3. The SMILES string of the molecule is CS(=O)(=O)CCCN1CCOCC1CN. The van der Waals surface area contributed by atoms with Crippen molar-refractivity contribution in [2.75, 3.05) is 44.9 Å². The van der Waals surface area contributed by atoms with E-state index in [1.165, 1.54) is 6.26 Å². The maximum atomic E-state index is 11.0. The van der Waals surface area contributed by atoms with Crippen molar-refractivity contribution in [1.82, 2.24) is 4.90 Å². The van der Waals surface area contributed by atoms with E-state index in [1.807, 2.05) is 0 Å². The van der Waals surface area contributed by atoms with Gasteiger partial charge in [-0.1, -0.05) is 0 Å². The van der Waals surface area contributed by atoms with Gasteiger partial charge in [-0.2, -0.15) is 0 Å². The Morgan fingerprint density at radius 2 is 2.27 bits per heavy atom. The minimum Gasteiger partial charge on any atom is -0.378 e. The number of morpholine rings is 1. The minimum atomic E-state index is -2.84. The number of hydrogen-bond acceptors (Lipinski definition) is 5. The second-order valence-electron chi connectivity index (χ2n) is 3.98. The third-order valence-electron chi connectivity index (χ3n) is 2.58. The summed E-state index contributed by atoms with van der Waals surface area (Å²) >= 11 is 0. The molecule has 0 aliphatic carbocycles. The molecule has 5 nitrogen and oxygen atoms in total. The van der Waals surface area contributed by atoms with Gasteiger partial charge in [-0.25, -0.2) is 8.42 Å². The lowest BCUT2D eigenvalue weighted by Gasteiger charge is -2.34. The molecular formula is C9H20N2O3S. The molecule has 0 amide bonds. The Morgan fingerprint density at radius 1 is 1.53 bits per heavy atom. The molecule has 0 radical (unpaired) electrons. The number of nitrogens with two attached hydrogens (primary N) is 1. The topological polar surface area (TPSA) is 72.6 Å². The number of sulfone groups is 1. The van der Waals surface area contributed by atoms with E-state index in [-0.39, 0.29) is 11.8 Å². The molecule has 0 spiro atoms. The average Bonchev–Trinajstić information content (AvgIpc) is 2.16. The van der Waals surface area contributed by atoms with Crippen LogP contribution in [0.4, 0.5) is 0 Å². The van der Waals surface area contributed by atoms with Crippen LogP contribution in [0.1, 0.15) is 6.42 Å². The highest BCUT2D eigenvalue weighted by Crippen LogP contribution is 2.06. The zero-order valence-corrected chi connectivity index (χ0v) is 10.0. The van der Waals surface area contributed by atoms with Crippen LogP contribution in [0.3, 0.4) is 0 Å². The van der Waals surface area contributed by atoms with Crippen LogP contribution in [0.2, 0.25) is 0 Å². The highest BCUT2D eigenvalue weighted by Gasteiger charge is 2.21. The van der Waals surface area contributed by atoms with Crippen molar-refractivity contribution in [1.29, 1.82) is 0 Å². The first-order valence-corrected chi connectivity index (χ1v) is 7.28. The standard InChI is InChI=1S/C9H20N2O3S/c1-15(12,13)6-2-3-11-4-5-14-8-9(11)7-10/h9H,2-8,10H2,1H3. The molecule has 90 valence electrons. The molecule has 1 aliphatic heterocycles. The fourth-order valence-electron chi connectivity index (χ4n) is 1.73. The molecule has 0 aromatic carbocycles. The summed E-state index contributed by atoms with van der Waals surface area (Å²) < 4.78 is 27.2. The van der Waals surface area contributed by atoms with Crippen molar-refractivity contribution in [3.63, 3.8) is 0 Å². The maximum absolute atomic E-state index is 11.0. The molecule has 0 aromatic rings. The van der Waals surface area contributed by atoms with Crippen molar-refractivity contribution in [2.24, 2.45) is 5.73 Å². The van der Waals surface area contributed by atoms with E-state index in [1.54, 1.807) is 0 Å². The minimum absolute atomic E-state index is 0.248. The summed E-state index contributed by atoms with van der Waals surface area (Å²) in [6.07, 6.45) is 1.95. The lowest BCUT2D eigenvalue weighted by molar-refractivity contribution is -0.00355. The molecule has 0 saturated carbocycles. The van der Waals surface area contributed by atoms with Crippen LogP contribution >= 0.6 is 0 Å². The quantitative estimate of drug-likeness (QED) is 0.668. The van der Waals surface area contributed by atoms with Gasteiger partial charge < -0.3 is 10.5 Å². The molecule has 2 N–H and O–H groups in total. The first kappa shape index (κ1) is 12.9. The second kappa shape index (κ2) is 5.79. The van der Waals surface area contributed by atoms with E-state index in [4.69, 9.17) is 10.5 Å². The van der Waals surface area contributed by atoms with Crippen LogP contribution in [0, 0.1) is 0 Å². The van der Waals surface area contributed by atoms with Gasteiger partial charge in [0.1, 0.15) is 9.84 Å². The van der Waals surface area contributed by atoms with Crippen molar-refractivity contribution >= 4 is 9.84 Å². The summed E-state index contributed by atoms with van der Waals surface area (Å²) in [5, 5.41) is 0. The van der Waals surface area contributed by atoms with E-state index in [9.17, 15) is 8.42 Å². The molecule has 15 heavy (non-hydrogen) atoms. The van der Waals surface area contributed by atoms with Crippen LogP contribution in [-0.4, -0.2) is 64.2 Å². The molecule has 1 heterocycles. The number of rotatable bonds is 5. The summed E-state index contributed by atoms with van der Waals surface area (Å²) in [5.74, 6) is 0.252. The highest BCUT2D eigenvalue weighted by molar-refractivity contribution is 7.90. The first-order chi connectivity index (χ1) is 7.03. The monoisotopic (exact) mass is 236 g/mol. The Labute approximate surface area is 91.5 Å². The largest absolute Gasteiger partial charge is 0.378 e. The fourth-order valence-corrected chi connectivity index (χ4v) is 2.38. The van der Waals surface area contributed by atoms with Gasteiger partial charge in [0, 0.05) is 25.4 Å². The van der Waals surface area contributed by atoms with E-state index in [2.05, 4.69) is 4.90 Å². The van der Waals surface area contributed by atoms with Gasteiger partial charge in [-0.05, 0) is 13.0 Å². The Kier molecular flexibility index (Phi) is 4.98. The maximum Gasteiger partial charge on any atom is 0.147 e. The number of nitrogens with zero attached hydrogens (tertiary/aromatic N) is 1. The smallest absolute Gasteiger partial charge is 0.147 e. The van der Waals surface area contributed by atoms with Crippen LogP contribution < -0.4 is 5.73 Å². The van der Waals surface area contributed by atoms with Gasteiger partial charge in [-0.15, -0.1) is 0 Å². The summed E-state index contributed by atoms with van der Waals surface area (Å²) in [6, 6.07) is 0.248. The third kappa shape index (κ3) is 4.92. The normalized spacial score (nSPS) is 24.3. The summed E-state index contributed by atoms with van der Waals surface area (Å²) in [7, 11) is -2.84. The molecule has 0 bridgehead atoms. The van der Waals surface area contributed by atoms with Crippen molar-refractivity contribution in [2.45, 2.75) is 12.5 Å². The van der Waals surface area contributed by atoms with Crippen LogP contribution in [-0.2, 0) is 14.6 Å². The van der Waals surface area contributed by atoms with Gasteiger partial charge in [0.05, 0.1) is 19.0 Å². The predicted octanol–water partition coefficient (Wildman–Crippen LogP) is -0.919. The van der Waals surface area contributed by atoms with Gasteiger partial charge in [0.15, 0.2) is 0 Å². The molecule has 6 heteroatoms. The second-order valence-corrected chi connectivity index (χ2v) is 6.24. The van der Waals surface area contributed by atoms with Gasteiger partial charge in [-0.3, -0.25) is 4.90 Å². The highest BCUT2D eigenvalue weighted by atomic mass is 32.2.